The molecule has 0 aliphatic carbocycles. The molecule has 0 unspecified atom stereocenters. The molecule has 1 aliphatic heterocycles. The van der Waals surface area contributed by atoms with Crippen LogP contribution in [-0.4, -0.2) is 28.2 Å². The largest absolute Gasteiger partial charge is 0.494 e. The molecule has 0 amide bonds. The second-order valence-electron chi connectivity index (χ2n) is 7.29. The van der Waals surface area contributed by atoms with Gasteiger partial charge in [-0.3, -0.25) is 4.79 Å². The fraction of sp³-hybridized carbons (Fsp3) is 0.350. The van der Waals surface area contributed by atoms with E-state index >= 15 is 0 Å². The Hall–Kier alpha value is -2.67. The van der Waals surface area contributed by atoms with Gasteiger partial charge in [-0.2, -0.15) is 5.10 Å². The Labute approximate surface area is 161 Å². The van der Waals surface area contributed by atoms with Gasteiger partial charge >= 0.3 is 0 Å². The lowest BCUT2D eigenvalue weighted by Gasteiger charge is -2.14. The summed E-state index contributed by atoms with van der Waals surface area (Å²) < 4.78 is 8.05. The summed E-state index contributed by atoms with van der Waals surface area (Å²) in [6.07, 6.45) is 0.680. The number of aryl methyl sites for hydroxylation is 2. The average molecular weight is 383 g/mol. The summed E-state index contributed by atoms with van der Waals surface area (Å²) in [6.45, 7) is 5.86. The minimum absolute atomic E-state index is 0.193. The van der Waals surface area contributed by atoms with E-state index in [1.807, 2.05) is 39.0 Å². The third-order valence-corrected chi connectivity index (χ3v) is 5.89. The summed E-state index contributed by atoms with van der Waals surface area (Å²) in [6, 6.07) is 8.06. The molecule has 0 saturated heterocycles. The second kappa shape index (κ2) is 6.20. The van der Waals surface area contributed by atoms with E-state index in [1.54, 1.807) is 25.5 Å². The maximum atomic E-state index is 13.1. The maximum absolute atomic E-state index is 13.1. The van der Waals surface area contributed by atoms with E-state index in [0.29, 0.717) is 23.4 Å². The summed E-state index contributed by atoms with van der Waals surface area (Å²) in [4.78, 5) is 19.6. The molecule has 140 valence electrons. The van der Waals surface area contributed by atoms with E-state index in [4.69, 9.17) is 9.57 Å². The molecule has 0 fully saturated rings. The molecule has 6 nitrogen and oxygen atoms in total. The molecule has 0 bridgehead atoms. The third kappa shape index (κ3) is 2.82. The second-order valence-corrected chi connectivity index (χ2v) is 8.34. The van der Waals surface area contributed by atoms with Gasteiger partial charge in [-0.25, -0.2) is 4.68 Å². The van der Waals surface area contributed by atoms with Crippen LogP contribution in [0.5, 0.6) is 5.75 Å². The van der Waals surface area contributed by atoms with Gasteiger partial charge in [-0.1, -0.05) is 23.4 Å². The fourth-order valence-electron chi connectivity index (χ4n) is 3.49. The SMILES string of the molecule is COc1c(C)nn(C)c(=O)c1-c1c(C2=NOC(C)(C)C2)sc2ccccc12. The van der Waals surface area contributed by atoms with E-state index in [1.165, 1.54) is 4.68 Å². The number of nitrogens with zero attached hydrogens (tertiary/aromatic N) is 3. The highest BCUT2D eigenvalue weighted by molar-refractivity contribution is 7.21. The van der Waals surface area contributed by atoms with Crippen molar-refractivity contribution >= 4 is 27.1 Å². The Bertz CT molecular complexity index is 1140. The molecular formula is C20H21N3O3S. The Morgan fingerprint density at radius 2 is 2.00 bits per heavy atom. The Kier molecular flexibility index (Phi) is 4.07. The normalized spacial score (nSPS) is 15.7. The number of methoxy groups -OCH3 is 1. The molecule has 0 atom stereocenters. The molecule has 4 rings (SSSR count). The molecule has 1 aromatic carbocycles. The van der Waals surface area contributed by atoms with Crippen LogP contribution in [0.15, 0.2) is 34.2 Å². The van der Waals surface area contributed by atoms with E-state index in [0.717, 1.165) is 26.2 Å². The number of thiophene rings is 1. The lowest BCUT2D eigenvalue weighted by Crippen LogP contribution is -2.24. The van der Waals surface area contributed by atoms with Crippen molar-refractivity contribution in [2.75, 3.05) is 7.11 Å². The van der Waals surface area contributed by atoms with Gasteiger partial charge in [0.05, 0.1) is 17.6 Å². The Morgan fingerprint density at radius 3 is 2.67 bits per heavy atom. The van der Waals surface area contributed by atoms with Gasteiger partial charge in [-0.05, 0) is 26.8 Å². The highest BCUT2D eigenvalue weighted by Gasteiger charge is 2.34. The number of oxime groups is 1. The van der Waals surface area contributed by atoms with Crippen molar-refractivity contribution in [2.24, 2.45) is 12.2 Å². The van der Waals surface area contributed by atoms with Crippen molar-refractivity contribution in [1.29, 1.82) is 0 Å². The summed E-state index contributed by atoms with van der Waals surface area (Å²) in [5, 5.41) is 9.61. The highest BCUT2D eigenvalue weighted by Crippen LogP contribution is 2.43. The van der Waals surface area contributed by atoms with Crippen molar-refractivity contribution < 1.29 is 9.57 Å². The standard InChI is InChI=1S/C20H21N3O3S/c1-11-17(25-5)16(19(24)23(4)21-11)15-12-8-6-7-9-14(12)27-18(15)13-10-20(2,3)26-22-13/h6-9H,10H2,1-5H3. The maximum Gasteiger partial charge on any atom is 0.278 e. The predicted molar refractivity (Wildman–Crippen MR) is 108 cm³/mol. The van der Waals surface area contributed by atoms with Crippen LogP contribution in [0.1, 0.15) is 30.8 Å². The fourth-order valence-corrected chi connectivity index (χ4v) is 4.68. The van der Waals surface area contributed by atoms with Crippen molar-refractivity contribution in [3.05, 3.63) is 45.2 Å². The lowest BCUT2D eigenvalue weighted by molar-refractivity contribution is 0.0123. The van der Waals surface area contributed by atoms with E-state index < -0.39 is 0 Å². The van der Waals surface area contributed by atoms with Crippen molar-refractivity contribution in [3.8, 4) is 16.9 Å². The molecule has 0 saturated carbocycles. The molecule has 0 spiro atoms. The molecule has 3 heterocycles. The van der Waals surface area contributed by atoms with Crippen LogP contribution in [0.4, 0.5) is 0 Å². The molecular weight excluding hydrogens is 362 g/mol. The number of hydrogen-bond donors (Lipinski definition) is 0. The van der Waals surface area contributed by atoms with Crippen LogP contribution in [0.3, 0.4) is 0 Å². The molecule has 0 N–H and O–H groups in total. The summed E-state index contributed by atoms with van der Waals surface area (Å²) >= 11 is 1.62. The zero-order valence-corrected chi connectivity index (χ0v) is 16.8. The first kappa shape index (κ1) is 17.7. The summed E-state index contributed by atoms with van der Waals surface area (Å²) in [5.41, 5.74) is 2.34. The van der Waals surface area contributed by atoms with E-state index in [-0.39, 0.29) is 11.2 Å². The van der Waals surface area contributed by atoms with Crippen LogP contribution >= 0.6 is 11.3 Å². The van der Waals surface area contributed by atoms with Gasteiger partial charge < -0.3 is 9.57 Å². The predicted octanol–water partition coefficient (Wildman–Crippen LogP) is 3.88. The zero-order valence-electron chi connectivity index (χ0n) is 16.0. The first-order valence-corrected chi connectivity index (χ1v) is 9.53. The quantitative estimate of drug-likeness (QED) is 0.688. The third-order valence-electron chi connectivity index (χ3n) is 4.67. The number of hydrogen-bond acceptors (Lipinski definition) is 6. The van der Waals surface area contributed by atoms with Gasteiger partial charge in [0.2, 0.25) is 0 Å². The van der Waals surface area contributed by atoms with Gasteiger partial charge in [0, 0.05) is 29.1 Å². The van der Waals surface area contributed by atoms with Crippen molar-refractivity contribution in [2.45, 2.75) is 32.8 Å². The molecule has 0 radical (unpaired) electrons. The van der Waals surface area contributed by atoms with Crippen LogP contribution in [0.25, 0.3) is 21.2 Å². The molecule has 3 aromatic rings. The topological polar surface area (TPSA) is 65.7 Å². The summed E-state index contributed by atoms with van der Waals surface area (Å²) in [5.74, 6) is 0.502. The van der Waals surface area contributed by atoms with E-state index in [9.17, 15) is 4.79 Å². The monoisotopic (exact) mass is 383 g/mol. The molecule has 2 aromatic heterocycles. The summed E-state index contributed by atoms with van der Waals surface area (Å²) in [7, 11) is 3.23. The average Bonchev–Trinajstić information content (AvgIpc) is 3.17. The van der Waals surface area contributed by atoms with Crippen LogP contribution in [0, 0.1) is 6.92 Å². The van der Waals surface area contributed by atoms with Crippen molar-refractivity contribution in [3.63, 3.8) is 0 Å². The first-order chi connectivity index (χ1) is 12.8. The number of benzene rings is 1. The number of fused-ring (bicyclic) bond motifs is 1. The van der Waals surface area contributed by atoms with Crippen LogP contribution in [0.2, 0.25) is 0 Å². The van der Waals surface area contributed by atoms with Gasteiger partial charge in [-0.15, -0.1) is 11.3 Å². The number of rotatable bonds is 3. The van der Waals surface area contributed by atoms with Gasteiger partial charge in [0.15, 0.2) is 5.75 Å². The number of ether oxygens (including phenoxy) is 1. The van der Waals surface area contributed by atoms with Gasteiger partial charge in [0.25, 0.3) is 5.56 Å². The lowest BCUT2D eigenvalue weighted by atomic mass is 9.96. The van der Waals surface area contributed by atoms with Crippen molar-refractivity contribution in [1.82, 2.24) is 9.78 Å². The molecule has 1 aliphatic rings. The molecule has 27 heavy (non-hydrogen) atoms. The molecule has 7 heteroatoms. The Morgan fingerprint density at radius 1 is 1.26 bits per heavy atom. The van der Waals surface area contributed by atoms with Crippen LogP contribution < -0.4 is 10.3 Å². The van der Waals surface area contributed by atoms with Gasteiger partial charge in [0.1, 0.15) is 17.0 Å². The number of aromatic nitrogens is 2. The smallest absolute Gasteiger partial charge is 0.278 e. The zero-order chi connectivity index (χ0) is 19.3. The van der Waals surface area contributed by atoms with Crippen LogP contribution in [-0.2, 0) is 11.9 Å². The minimum atomic E-state index is -0.355. The highest BCUT2D eigenvalue weighted by atomic mass is 32.1. The minimum Gasteiger partial charge on any atom is -0.494 e. The Balaban J connectivity index is 2.09. The van der Waals surface area contributed by atoms with E-state index in [2.05, 4.69) is 16.3 Å². The first-order valence-electron chi connectivity index (χ1n) is 8.71.